The summed E-state index contributed by atoms with van der Waals surface area (Å²) in [7, 11) is 1.58. The number of nitrogens with one attached hydrogen (secondary N) is 1. The molecule has 0 saturated heterocycles. The first-order valence-electron chi connectivity index (χ1n) is 6.00. The van der Waals surface area contributed by atoms with Gasteiger partial charge in [0.2, 0.25) is 0 Å². The molecule has 0 aliphatic heterocycles. The van der Waals surface area contributed by atoms with Gasteiger partial charge in [-0.05, 0) is 24.3 Å². The second-order valence-electron chi connectivity index (χ2n) is 4.13. The number of aliphatic hydroxyl groups is 1. The van der Waals surface area contributed by atoms with Crippen molar-refractivity contribution < 1.29 is 14.2 Å². The highest BCUT2D eigenvalue weighted by atomic mass is 19.1. The van der Waals surface area contributed by atoms with Gasteiger partial charge >= 0.3 is 0 Å². The molecule has 3 nitrogen and oxygen atoms in total. The summed E-state index contributed by atoms with van der Waals surface area (Å²) in [5.74, 6) is 0.368. The first-order valence-corrected chi connectivity index (χ1v) is 6.00. The van der Waals surface area contributed by atoms with Crippen LogP contribution in [-0.2, 0) is 0 Å². The van der Waals surface area contributed by atoms with E-state index in [9.17, 15) is 9.50 Å². The normalized spacial score (nSPS) is 11.9. The quantitative estimate of drug-likeness (QED) is 0.869. The Hall–Kier alpha value is -2.07. The van der Waals surface area contributed by atoms with Gasteiger partial charge in [0.05, 0.1) is 19.8 Å². The summed E-state index contributed by atoms with van der Waals surface area (Å²) in [6.45, 7) is -0.114. The maximum atomic E-state index is 13.1. The van der Waals surface area contributed by atoms with E-state index in [0.29, 0.717) is 11.4 Å². The molecule has 0 spiro atoms. The van der Waals surface area contributed by atoms with Crippen LogP contribution in [0.4, 0.5) is 10.1 Å². The van der Waals surface area contributed by atoms with Crippen molar-refractivity contribution in [3.63, 3.8) is 0 Å². The fourth-order valence-electron chi connectivity index (χ4n) is 1.96. The highest BCUT2D eigenvalue weighted by Crippen LogP contribution is 2.27. The van der Waals surface area contributed by atoms with E-state index >= 15 is 0 Å². The molecular formula is C15H16FNO2. The molecule has 2 aromatic carbocycles. The number of ether oxygens (including phenoxy) is 1. The fraction of sp³-hybridized carbons (Fsp3) is 0.200. The predicted octanol–water partition coefficient (Wildman–Crippen LogP) is 2.98. The number of halogens is 1. The van der Waals surface area contributed by atoms with Gasteiger partial charge in [-0.25, -0.2) is 4.39 Å². The van der Waals surface area contributed by atoms with E-state index < -0.39 is 0 Å². The van der Waals surface area contributed by atoms with Crippen molar-refractivity contribution in [3.8, 4) is 5.75 Å². The lowest BCUT2D eigenvalue weighted by Crippen LogP contribution is -2.15. The smallest absolute Gasteiger partial charge is 0.125 e. The van der Waals surface area contributed by atoms with Crippen molar-refractivity contribution in [1.29, 1.82) is 0 Å². The van der Waals surface area contributed by atoms with E-state index in [1.165, 1.54) is 12.1 Å². The molecule has 2 N–H and O–H groups in total. The summed E-state index contributed by atoms with van der Waals surface area (Å²) in [4.78, 5) is 0. The predicted molar refractivity (Wildman–Crippen MR) is 72.8 cm³/mol. The van der Waals surface area contributed by atoms with Crippen molar-refractivity contribution in [2.24, 2.45) is 0 Å². The summed E-state index contributed by atoms with van der Waals surface area (Å²) in [5.41, 5.74) is 1.45. The lowest BCUT2D eigenvalue weighted by molar-refractivity contribution is 0.273. The average Bonchev–Trinajstić information content (AvgIpc) is 2.45. The zero-order valence-electron chi connectivity index (χ0n) is 10.6. The van der Waals surface area contributed by atoms with Crippen LogP contribution in [0.2, 0.25) is 0 Å². The van der Waals surface area contributed by atoms with Crippen LogP contribution >= 0.6 is 0 Å². The summed E-state index contributed by atoms with van der Waals surface area (Å²) in [5, 5.41) is 12.6. The number of hydrogen-bond donors (Lipinski definition) is 2. The Bertz CT molecular complexity index is 545. The second-order valence-corrected chi connectivity index (χ2v) is 4.13. The highest BCUT2D eigenvalue weighted by Gasteiger charge is 2.14. The van der Waals surface area contributed by atoms with E-state index in [2.05, 4.69) is 5.32 Å². The Morgan fingerprint density at radius 1 is 1.21 bits per heavy atom. The van der Waals surface area contributed by atoms with Crippen LogP contribution in [0.15, 0.2) is 48.5 Å². The Kier molecular flexibility index (Phi) is 4.36. The Morgan fingerprint density at radius 3 is 2.68 bits per heavy atom. The summed E-state index contributed by atoms with van der Waals surface area (Å²) in [6, 6.07) is 13.2. The average molecular weight is 261 g/mol. The van der Waals surface area contributed by atoms with Gasteiger partial charge < -0.3 is 15.2 Å². The monoisotopic (exact) mass is 261 g/mol. The van der Waals surface area contributed by atoms with Crippen molar-refractivity contribution >= 4 is 5.69 Å². The maximum Gasteiger partial charge on any atom is 0.125 e. The minimum atomic E-state index is -0.349. The lowest BCUT2D eigenvalue weighted by Gasteiger charge is -2.20. The number of hydrogen-bond acceptors (Lipinski definition) is 3. The minimum absolute atomic E-state index is 0.114. The van der Waals surface area contributed by atoms with Crippen LogP contribution in [0.3, 0.4) is 0 Å². The van der Waals surface area contributed by atoms with Crippen molar-refractivity contribution in [2.75, 3.05) is 19.0 Å². The van der Waals surface area contributed by atoms with Gasteiger partial charge in [-0.15, -0.1) is 0 Å². The number of benzene rings is 2. The Balaban J connectivity index is 2.25. The third-order valence-electron chi connectivity index (χ3n) is 2.86. The first kappa shape index (κ1) is 13.4. The third kappa shape index (κ3) is 3.23. The van der Waals surface area contributed by atoms with Crippen LogP contribution in [0.1, 0.15) is 11.6 Å². The molecule has 0 aromatic heterocycles. The number of anilines is 1. The summed E-state index contributed by atoms with van der Waals surface area (Å²) >= 11 is 0. The van der Waals surface area contributed by atoms with Gasteiger partial charge in [0, 0.05) is 11.3 Å². The molecular weight excluding hydrogens is 245 g/mol. The minimum Gasteiger partial charge on any atom is -0.496 e. The molecule has 0 amide bonds. The molecule has 0 radical (unpaired) electrons. The number of rotatable bonds is 5. The van der Waals surface area contributed by atoms with Gasteiger partial charge in [0.1, 0.15) is 11.6 Å². The molecule has 0 aliphatic carbocycles. The molecule has 19 heavy (non-hydrogen) atoms. The van der Waals surface area contributed by atoms with Gasteiger partial charge in [0.25, 0.3) is 0 Å². The first-order chi connectivity index (χ1) is 9.24. The van der Waals surface area contributed by atoms with E-state index in [1.54, 1.807) is 19.2 Å². The SMILES string of the molecule is COc1ccccc1C(CO)Nc1cccc(F)c1. The number of methoxy groups -OCH3 is 1. The van der Waals surface area contributed by atoms with E-state index in [4.69, 9.17) is 4.74 Å². The number of para-hydroxylation sites is 1. The molecule has 4 heteroatoms. The van der Waals surface area contributed by atoms with Crippen LogP contribution in [0.5, 0.6) is 5.75 Å². The molecule has 0 saturated carbocycles. The van der Waals surface area contributed by atoms with Crippen molar-refractivity contribution in [3.05, 3.63) is 59.9 Å². The van der Waals surface area contributed by atoms with Gasteiger partial charge in [-0.2, -0.15) is 0 Å². The molecule has 0 bridgehead atoms. The molecule has 0 aliphatic rings. The molecule has 2 aromatic rings. The second kappa shape index (κ2) is 6.20. The standard InChI is InChI=1S/C15H16FNO2/c1-19-15-8-3-2-7-13(15)14(10-18)17-12-6-4-5-11(16)9-12/h2-9,14,17-18H,10H2,1H3. The van der Waals surface area contributed by atoms with Gasteiger partial charge in [-0.1, -0.05) is 24.3 Å². The van der Waals surface area contributed by atoms with Crippen LogP contribution in [0.25, 0.3) is 0 Å². The van der Waals surface area contributed by atoms with E-state index in [0.717, 1.165) is 5.56 Å². The van der Waals surface area contributed by atoms with Crippen molar-refractivity contribution in [2.45, 2.75) is 6.04 Å². The Labute approximate surface area is 111 Å². The Morgan fingerprint density at radius 2 is 2.00 bits per heavy atom. The fourth-order valence-corrected chi connectivity index (χ4v) is 1.96. The summed E-state index contributed by atoms with van der Waals surface area (Å²) in [6.07, 6.45) is 0. The molecule has 0 fully saturated rings. The van der Waals surface area contributed by atoms with Crippen molar-refractivity contribution in [1.82, 2.24) is 0 Å². The molecule has 100 valence electrons. The molecule has 1 unspecified atom stereocenters. The van der Waals surface area contributed by atoms with Gasteiger partial charge in [-0.3, -0.25) is 0 Å². The zero-order chi connectivity index (χ0) is 13.7. The summed E-state index contributed by atoms with van der Waals surface area (Å²) < 4.78 is 18.4. The lowest BCUT2D eigenvalue weighted by atomic mass is 10.1. The molecule has 1 atom stereocenters. The van der Waals surface area contributed by atoms with Crippen LogP contribution < -0.4 is 10.1 Å². The third-order valence-corrected chi connectivity index (χ3v) is 2.86. The zero-order valence-corrected chi connectivity index (χ0v) is 10.6. The largest absolute Gasteiger partial charge is 0.496 e. The molecule has 2 rings (SSSR count). The molecule has 0 heterocycles. The van der Waals surface area contributed by atoms with Crippen LogP contribution in [0, 0.1) is 5.82 Å². The van der Waals surface area contributed by atoms with Gasteiger partial charge in [0.15, 0.2) is 0 Å². The highest BCUT2D eigenvalue weighted by molar-refractivity contribution is 5.48. The van der Waals surface area contributed by atoms with E-state index in [1.807, 2.05) is 24.3 Å². The maximum absolute atomic E-state index is 13.1. The topological polar surface area (TPSA) is 41.5 Å². The number of aliphatic hydroxyl groups excluding tert-OH is 1. The van der Waals surface area contributed by atoms with E-state index in [-0.39, 0.29) is 18.5 Å². The van der Waals surface area contributed by atoms with Crippen LogP contribution in [-0.4, -0.2) is 18.8 Å².